The molecule has 1 rings (SSSR count). The van der Waals surface area contributed by atoms with Crippen molar-refractivity contribution in [3.05, 3.63) is 0 Å². The van der Waals surface area contributed by atoms with Gasteiger partial charge in [-0.15, -0.1) is 10.2 Å². The standard InChI is InChI=1S/C7H14N4/c1-5(2)7(6(3)4)8-10-11-9-7/h5-6H,1-4H3. The molecule has 0 aromatic rings. The molecule has 0 atom stereocenters. The van der Waals surface area contributed by atoms with Gasteiger partial charge in [-0.2, -0.15) is 0 Å². The van der Waals surface area contributed by atoms with Crippen LogP contribution >= 0.6 is 0 Å². The molecule has 4 heteroatoms. The molecule has 1 aliphatic heterocycles. The van der Waals surface area contributed by atoms with Crippen LogP contribution in [0, 0.1) is 11.8 Å². The first-order valence-corrected chi connectivity index (χ1v) is 3.93. The van der Waals surface area contributed by atoms with E-state index in [2.05, 4.69) is 48.4 Å². The lowest BCUT2D eigenvalue weighted by Crippen LogP contribution is -2.34. The molecule has 0 radical (unpaired) electrons. The van der Waals surface area contributed by atoms with Crippen LogP contribution in [0.25, 0.3) is 0 Å². The number of nitrogens with zero attached hydrogens (tertiary/aromatic N) is 4. The highest BCUT2D eigenvalue weighted by Crippen LogP contribution is 2.35. The molecule has 0 aromatic carbocycles. The van der Waals surface area contributed by atoms with E-state index in [1.54, 1.807) is 0 Å². The molecule has 0 bridgehead atoms. The van der Waals surface area contributed by atoms with Crippen molar-refractivity contribution < 1.29 is 0 Å². The smallest absolute Gasteiger partial charge is 0.134 e. The van der Waals surface area contributed by atoms with Gasteiger partial charge in [0, 0.05) is 11.8 Å². The fourth-order valence-electron chi connectivity index (χ4n) is 1.33. The average molecular weight is 154 g/mol. The molecule has 0 unspecified atom stereocenters. The van der Waals surface area contributed by atoms with Gasteiger partial charge in [0.05, 0.1) is 0 Å². The number of rotatable bonds is 2. The first-order valence-electron chi connectivity index (χ1n) is 3.93. The minimum atomic E-state index is -0.389. The summed E-state index contributed by atoms with van der Waals surface area (Å²) in [6, 6.07) is 0. The predicted octanol–water partition coefficient (Wildman–Crippen LogP) is 2.83. The Labute approximate surface area is 66.8 Å². The van der Waals surface area contributed by atoms with Crippen LogP contribution in [0.3, 0.4) is 0 Å². The zero-order valence-electron chi connectivity index (χ0n) is 7.44. The first-order chi connectivity index (χ1) is 5.09. The van der Waals surface area contributed by atoms with E-state index in [0.717, 1.165) is 0 Å². The van der Waals surface area contributed by atoms with Gasteiger partial charge in [0.2, 0.25) is 0 Å². The third kappa shape index (κ3) is 1.17. The van der Waals surface area contributed by atoms with Crippen molar-refractivity contribution in [3.63, 3.8) is 0 Å². The van der Waals surface area contributed by atoms with Crippen molar-refractivity contribution in [2.75, 3.05) is 0 Å². The van der Waals surface area contributed by atoms with Crippen molar-refractivity contribution in [2.45, 2.75) is 33.4 Å². The number of hydrogen-bond donors (Lipinski definition) is 0. The Kier molecular flexibility index (Phi) is 2.02. The molecule has 0 fully saturated rings. The second-order valence-corrected chi connectivity index (χ2v) is 3.47. The van der Waals surface area contributed by atoms with Crippen LogP contribution in [0.1, 0.15) is 27.7 Å². The molecule has 0 spiro atoms. The third-order valence-corrected chi connectivity index (χ3v) is 2.15. The van der Waals surface area contributed by atoms with Crippen LogP contribution in [0.2, 0.25) is 0 Å². The molecule has 0 aliphatic carbocycles. The lowest BCUT2D eigenvalue weighted by atomic mass is 9.87. The molecule has 0 amide bonds. The fourth-order valence-corrected chi connectivity index (χ4v) is 1.33. The average Bonchev–Trinajstić information content (AvgIpc) is 2.34. The second kappa shape index (κ2) is 2.68. The van der Waals surface area contributed by atoms with Crippen LogP contribution in [-0.2, 0) is 0 Å². The highest BCUT2D eigenvalue weighted by molar-refractivity contribution is 4.90. The molecule has 0 saturated carbocycles. The highest BCUT2D eigenvalue weighted by atomic mass is 15.6. The molecular formula is C7H14N4. The molecule has 0 aromatic heterocycles. The lowest BCUT2D eigenvalue weighted by Gasteiger charge is -2.27. The summed E-state index contributed by atoms with van der Waals surface area (Å²) in [6.07, 6.45) is 0. The molecule has 62 valence electrons. The predicted molar refractivity (Wildman–Crippen MR) is 42.1 cm³/mol. The highest BCUT2D eigenvalue weighted by Gasteiger charge is 2.40. The van der Waals surface area contributed by atoms with Crippen molar-refractivity contribution in [3.8, 4) is 0 Å². The quantitative estimate of drug-likeness (QED) is 0.587. The zero-order chi connectivity index (χ0) is 8.48. The van der Waals surface area contributed by atoms with Gasteiger partial charge in [-0.1, -0.05) is 27.7 Å². The molecule has 0 saturated heterocycles. The maximum atomic E-state index is 4.06. The summed E-state index contributed by atoms with van der Waals surface area (Å²) in [5.41, 5.74) is -0.389. The maximum Gasteiger partial charge on any atom is 0.199 e. The summed E-state index contributed by atoms with van der Waals surface area (Å²) < 4.78 is 0. The summed E-state index contributed by atoms with van der Waals surface area (Å²) in [5, 5.41) is 15.2. The van der Waals surface area contributed by atoms with Gasteiger partial charge in [0.15, 0.2) is 5.66 Å². The lowest BCUT2D eigenvalue weighted by molar-refractivity contribution is 0.234. The summed E-state index contributed by atoms with van der Waals surface area (Å²) in [7, 11) is 0. The summed E-state index contributed by atoms with van der Waals surface area (Å²) in [6.45, 7) is 8.35. The Hall–Kier alpha value is -0.800. The van der Waals surface area contributed by atoms with Crippen LogP contribution in [0.5, 0.6) is 0 Å². The van der Waals surface area contributed by atoms with Gasteiger partial charge >= 0.3 is 0 Å². The number of hydrogen-bond acceptors (Lipinski definition) is 4. The van der Waals surface area contributed by atoms with E-state index in [9.17, 15) is 0 Å². The molecule has 11 heavy (non-hydrogen) atoms. The minimum absolute atomic E-state index is 0.359. The summed E-state index contributed by atoms with van der Waals surface area (Å²) in [5.74, 6) is 0.718. The SMILES string of the molecule is CC(C)C1(C(C)C)N=NN=N1. The van der Waals surface area contributed by atoms with Gasteiger partial charge in [-0.3, -0.25) is 0 Å². The Morgan fingerprint density at radius 3 is 1.36 bits per heavy atom. The summed E-state index contributed by atoms with van der Waals surface area (Å²) in [4.78, 5) is 0. The first kappa shape index (κ1) is 8.30. The van der Waals surface area contributed by atoms with E-state index in [4.69, 9.17) is 0 Å². The van der Waals surface area contributed by atoms with Crippen LogP contribution in [0.4, 0.5) is 0 Å². The van der Waals surface area contributed by atoms with Crippen molar-refractivity contribution in [2.24, 2.45) is 32.5 Å². The van der Waals surface area contributed by atoms with Crippen LogP contribution < -0.4 is 0 Å². The summed E-state index contributed by atoms with van der Waals surface area (Å²) >= 11 is 0. The molecule has 1 heterocycles. The van der Waals surface area contributed by atoms with Gasteiger partial charge in [-0.25, -0.2) is 0 Å². The Morgan fingerprint density at radius 1 is 0.818 bits per heavy atom. The topological polar surface area (TPSA) is 49.4 Å². The molecule has 4 nitrogen and oxygen atoms in total. The van der Waals surface area contributed by atoms with E-state index in [0.29, 0.717) is 11.8 Å². The van der Waals surface area contributed by atoms with E-state index in [1.807, 2.05) is 0 Å². The van der Waals surface area contributed by atoms with Crippen LogP contribution in [-0.4, -0.2) is 5.66 Å². The Balaban J connectivity index is 2.90. The van der Waals surface area contributed by atoms with Gasteiger partial charge in [0.25, 0.3) is 0 Å². The fraction of sp³-hybridized carbons (Fsp3) is 1.00. The Bertz CT molecular complexity index is 171. The van der Waals surface area contributed by atoms with E-state index in [-0.39, 0.29) is 5.66 Å². The maximum absolute atomic E-state index is 4.06. The zero-order valence-corrected chi connectivity index (χ0v) is 7.44. The van der Waals surface area contributed by atoms with Crippen LogP contribution in [0.15, 0.2) is 20.7 Å². The largest absolute Gasteiger partial charge is 0.199 e. The normalized spacial score (nSPS) is 20.5. The van der Waals surface area contributed by atoms with Crippen molar-refractivity contribution in [1.29, 1.82) is 0 Å². The minimum Gasteiger partial charge on any atom is -0.134 e. The van der Waals surface area contributed by atoms with Gasteiger partial charge in [0.1, 0.15) is 0 Å². The second-order valence-electron chi connectivity index (χ2n) is 3.47. The molecule has 1 aliphatic rings. The van der Waals surface area contributed by atoms with E-state index < -0.39 is 0 Å². The van der Waals surface area contributed by atoms with Crippen molar-refractivity contribution >= 4 is 0 Å². The van der Waals surface area contributed by atoms with E-state index in [1.165, 1.54) is 0 Å². The van der Waals surface area contributed by atoms with Gasteiger partial charge in [-0.05, 0) is 10.4 Å². The van der Waals surface area contributed by atoms with Crippen molar-refractivity contribution in [1.82, 2.24) is 0 Å². The monoisotopic (exact) mass is 154 g/mol. The van der Waals surface area contributed by atoms with Gasteiger partial charge < -0.3 is 0 Å². The third-order valence-electron chi connectivity index (χ3n) is 2.15. The molecular weight excluding hydrogens is 140 g/mol. The Morgan fingerprint density at radius 2 is 1.18 bits per heavy atom. The van der Waals surface area contributed by atoms with E-state index >= 15 is 0 Å². The molecule has 0 N–H and O–H groups in total.